The van der Waals surface area contributed by atoms with Crippen LogP contribution < -0.4 is 5.73 Å². The van der Waals surface area contributed by atoms with Gasteiger partial charge < -0.3 is 10.8 Å². The standard InChI is InChI=1S/C9H11F3N2OS/c1-5(4-15)16-8-3-6(9(10,11)12)2-7(13)14-8/h2-3,5,15H,4H2,1H3,(H2,13,14). The molecule has 0 saturated heterocycles. The summed E-state index contributed by atoms with van der Waals surface area (Å²) >= 11 is 1.05. The van der Waals surface area contributed by atoms with Gasteiger partial charge in [-0.15, -0.1) is 11.8 Å². The number of aliphatic hydroxyl groups excluding tert-OH is 1. The van der Waals surface area contributed by atoms with Crippen molar-refractivity contribution in [1.82, 2.24) is 4.98 Å². The Morgan fingerprint density at radius 2 is 2.12 bits per heavy atom. The molecule has 0 bridgehead atoms. The predicted molar refractivity (Wildman–Crippen MR) is 56.1 cm³/mol. The highest BCUT2D eigenvalue weighted by molar-refractivity contribution is 7.99. The van der Waals surface area contributed by atoms with Gasteiger partial charge in [-0.2, -0.15) is 13.2 Å². The van der Waals surface area contributed by atoms with Crippen molar-refractivity contribution in [3.05, 3.63) is 17.7 Å². The average molecular weight is 252 g/mol. The van der Waals surface area contributed by atoms with Gasteiger partial charge in [0, 0.05) is 5.25 Å². The van der Waals surface area contributed by atoms with E-state index < -0.39 is 11.7 Å². The zero-order valence-corrected chi connectivity index (χ0v) is 9.27. The first kappa shape index (κ1) is 13.1. The predicted octanol–water partition coefficient (Wildman–Crippen LogP) is 2.16. The lowest BCUT2D eigenvalue weighted by molar-refractivity contribution is -0.137. The van der Waals surface area contributed by atoms with Crippen molar-refractivity contribution in [1.29, 1.82) is 0 Å². The number of pyridine rings is 1. The average Bonchev–Trinajstić information content (AvgIpc) is 2.15. The highest BCUT2D eigenvalue weighted by atomic mass is 32.2. The first-order chi connectivity index (χ1) is 7.32. The quantitative estimate of drug-likeness (QED) is 0.809. The van der Waals surface area contributed by atoms with Crippen LogP contribution in [0.1, 0.15) is 12.5 Å². The molecule has 16 heavy (non-hydrogen) atoms. The third-order valence-electron chi connectivity index (χ3n) is 1.73. The number of alkyl halides is 3. The fourth-order valence-corrected chi connectivity index (χ4v) is 1.83. The fourth-order valence-electron chi connectivity index (χ4n) is 0.993. The first-order valence-corrected chi connectivity index (χ1v) is 5.33. The van der Waals surface area contributed by atoms with Gasteiger partial charge in [0.05, 0.1) is 17.2 Å². The number of aliphatic hydroxyl groups is 1. The highest BCUT2D eigenvalue weighted by Gasteiger charge is 2.31. The number of aromatic nitrogens is 1. The summed E-state index contributed by atoms with van der Waals surface area (Å²) in [6.45, 7) is 1.55. The number of anilines is 1. The monoisotopic (exact) mass is 252 g/mol. The summed E-state index contributed by atoms with van der Waals surface area (Å²) in [5.74, 6) is -0.178. The number of nitrogens with zero attached hydrogens (tertiary/aromatic N) is 1. The molecule has 0 spiro atoms. The van der Waals surface area contributed by atoms with E-state index in [-0.39, 0.29) is 22.7 Å². The maximum absolute atomic E-state index is 12.4. The third kappa shape index (κ3) is 3.57. The van der Waals surface area contributed by atoms with E-state index >= 15 is 0 Å². The van der Waals surface area contributed by atoms with Gasteiger partial charge in [0.2, 0.25) is 0 Å². The van der Waals surface area contributed by atoms with Crippen LogP contribution in [-0.4, -0.2) is 21.9 Å². The Balaban J connectivity index is 2.99. The first-order valence-electron chi connectivity index (χ1n) is 4.45. The molecule has 0 aliphatic heterocycles. The van der Waals surface area contributed by atoms with Gasteiger partial charge in [0.1, 0.15) is 5.82 Å². The third-order valence-corrected chi connectivity index (χ3v) is 2.73. The molecule has 1 heterocycles. The summed E-state index contributed by atoms with van der Waals surface area (Å²) < 4.78 is 37.3. The molecule has 3 N–H and O–H groups in total. The maximum atomic E-state index is 12.4. The van der Waals surface area contributed by atoms with Gasteiger partial charge >= 0.3 is 6.18 Å². The van der Waals surface area contributed by atoms with Crippen molar-refractivity contribution >= 4 is 17.6 Å². The summed E-state index contributed by atoms with van der Waals surface area (Å²) in [7, 11) is 0. The highest BCUT2D eigenvalue weighted by Crippen LogP contribution is 2.33. The van der Waals surface area contributed by atoms with Gasteiger partial charge in [0.25, 0.3) is 0 Å². The van der Waals surface area contributed by atoms with E-state index in [1.807, 2.05) is 0 Å². The molecule has 1 aromatic heterocycles. The number of rotatable bonds is 3. The molecule has 0 aliphatic carbocycles. The lowest BCUT2D eigenvalue weighted by atomic mass is 10.2. The lowest BCUT2D eigenvalue weighted by Crippen LogP contribution is -2.08. The largest absolute Gasteiger partial charge is 0.416 e. The van der Waals surface area contributed by atoms with E-state index in [1.165, 1.54) is 0 Å². The number of thioether (sulfide) groups is 1. The zero-order chi connectivity index (χ0) is 12.3. The van der Waals surface area contributed by atoms with Crippen LogP contribution in [0.2, 0.25) is 0 Å². The Hall–Kier alpha value is -0.950. The maximum Gasteiger partial charge on any atom is 0.416 e. The Bertz CT molecular complexity index is 370. The van der Waals surface area contributed by atoms with E-state index in [2.05, 4.69) is 4.98 Å². The molecule has 0 aliphatic rings. The van der Waals surface area contributed by atoms with Crippen LogP contribution in [0.4, 0.5) is 19.0 Å². The van der Waals surface area contributed by atoms with Gasteiger partial charge in [-0.05, 0) is 12.1 Å². The molecule has 7 heteroatoms. The van der Waals surface area contributed by atoms with Crippen molar-refractivity contribution < 1.29 is 18.3 Å². The summed E-state index contributed by atoms with van der Waals surface area (Å²) in [6, 6.07) is 1.71. The summed E-state index contributed by atoms with van der Waals surface area (Å²) in [6.07, 6.45) is -4.44. The summed E-state index contributed by atoms with van der Waals surface area (Å²) in [5.41, 5.74) is 4.46. The van der Waals surface area contributed by atoms with E-state index in [4.69, 9.17) is 10.8 Å². The Morgan fingerprint density at radius 1 is 1.50 bits per heavy atom. The number of halogens is 3. The smallest absolute Gasteiger partial charge is 0.395 e. The minimum absolute atomic E-state index is 0.136. The molecule has 0 radical (unpaired) electrons. The van der Waals surface area contributed by atoms with Crippen LogP contribution in [0.15, 0.2) is 17.2 Å². The van der Waals surface area contributed by atoms with E-state index in [0.717, 1.165) is 23.9 Å². The molecule has 0 amide bonds. The number of nitrogens with two attached hydrogens (primary N) is 1. The van der Waals surface area contributed by atoms with Crippen LogP contribution in [-0.2, 0) is 6.18 Å². The van der Waals surface area contributed by atoms with E-state index in [9.17, 15) is 13.2 Å². The molecular weight excluding hydrogens is 241 g/mol. The van der Waals surface area contributed by atoms with Crippen molar-refractivity contribution in [3.63, 3.8) is 0 Å². The van der Waals surface area contributed by atoms with Crippen molar-refractivity contribution in [2.24, 2.45) is 0 Å². The molecule has 0 saturated carbocycles. The second-order valence-corrected chi connectivity index (χ2v) is 4.69. The Labute approximate surface area is 94.9 Å². The summed E-state index contributed by atoms with van der Waals surface area (Å²) in [5, 5.41) is 8.73. The molecule has 90 valence electrons. The van der Waals surface area contributed by atoms with Gasteiger partial charge in [0.15, 0.2) is 0 Å². The SMILES string of the molecule is CC(CO)Sc1cc(C(F)(F)F)cc(N)n1. The second kappa shape index (κ2) is 4.92. The van der Waals surface area contributed by atoms with E-state index in [1.54, 1.807) is 6.92 Å². The van der Waals surface area contributed by atoms with Crippen LogP contribution in [0, 0.1) is 0 Å². The number of hydrogen-bond acceptors (Lipinski definition) is 4. The molecular formula is C9H11F3N2OS. The normalized spacial score (nSPS) is 13.8. The van der Waals surface area contributed by atoms with Gasteiger partial charge in [-0.1, -0.05) is 6.92 Å². The molecule has 1 unspecified atom stereocenters. The topological polar surface area (TPSA) is 59.1 Å². The van der Waals surface area contributed by atoms with Crippen molar-refractivity contribution in [3.8, 4) is 0 Å². The van der Waals surface area contributed by atoms with Crippen molar-refractivity contribution in [2.75, 3.05) is 12.3 Å². The second-order valence-electron chi connectivity index (χ2n) is 3.23. The molecule has 0 fully saturated rings. The number of nitrogen functional groups attached to an aromatic ring is 1. The fraction of sp³-hybridized carbons (Fsp3) is 0.444. The minimum Gasteiger partial charge on any atom is -0.395 e. The van der Waals surface area contributed by atoms with Crippen LogP contribution in [0.5, 0.6) is 0 Å². The Morgan fingerprint density at radius 3 is 2.62 bits per heavy atom. The van der Waals surface area contributed by atoms with Crippen LogP contribution >= 0.6 is 11.8 Å². The zero-order valence-electron chi connectivity index (χ0n) is 8.45. The summed E-state index contributed by atoms with van der Waals surface area (Å²) in [4.78, 5) is 3.76. The molecule has 1 rings (SSSR count). The molecule has 3 nitrogen and oxygen atoms in total. The number of hydrogen-bond donors (Lipinski definition) is 2. The van der Waals surface area contributed by atoms with Crippen molar-refractivity contribution in [2.45, 2.75) is 23.4 Å². The Kier molecular flexibility index (Phi) is 4.03. The van der Waals surface area contributed by atoms with Gasteiger partial charge in [-0.3, -0.25) is 0 Å². The molecule has 0 aromatic carbocycles. The van der Waals surface area contributed by atoms with E-state index in [0.29, 0.717) is 0 Å². The minimum atomic E-state index is -4.44. The van der Waals surface area contributed by atoms with Crippen LogP contribution in [0.25, 0.3) is 0 Å². The lowest BCUT2D eigenvalue weighted by Gasteiger charge is -2.11. The molecule has 1 atom stereocenters. The van der Waals surface area contributed by atoms with Crippen LogP contribution in [0.3, 0.4) is 0 Å². The van der Waals surface area contributed by atoms with Gasteiger partial charge in [-0.25, -0.2) is 4.98 Å². The molecule has 1 aromatic rings.